The molecule has 0 spiro atoms. The Labute approximate surface area is 233 Å². The number of likely N-dealkylation sites (tertiary alicyclic amines) is 1. The van der Waals surface area contributed by atoms with Crippen molar-refractivity contribution in [3.8, 4) is 5.88 Å². The molecule has 7 nitrogen and oxygen atoms in total. The van der Waals surface area contributed by atoms with Crippen LogP contribution in [0.2, 0.25) is 10.0 Å². The Morgan fingerprint density at radius 3 is 2.49 bits per heavy atom. The number of nitrogens with zero attached hydrogens (tertiary/aromatic N) is 2. The van der Waals surface area contributed by atoms with E-state index in [2.05, 4.69) is 26.2 Å². The maximum absolute atomic E-state index is 13.5. The normalized spacial score (nSPS) is 14.4. The first-order valence-corrected chi connectivity index (χ1v) is 12.8. The van der Waals surface area contributed by atoms with Crippen LogP contribution in [0.15, 0.2) is 65.3 Å². The minimum atomic E-state index is -0.785. The van der Waals surface area contributed by atoms with Gasteiger partial charge in [-0.25, -0.2) is 4.98 Å². The summed E-state index contributed by atoms with van der Waals surface area (Å²) in [4.78, 5) is 32.3. The molecule has 0 aliphatic carbocycles. The number of methoxy groups -OCH3 is 2. The van der Waals surface area contributed by atoms with Crippen LogP contribution in [0.5, 0.6) is 5.88 Å². The fourth-order valence-electron chi connectivity index (χ4n) is 4.10. The molecule has 1 saturated heterocycles. The average Bonchev–Trinajstić information content (AvgIpc) is 2.87. The van der Waals surface area contributed by atoms with E-state index in [-0.39, 0.29) is 23.3 Å². The molecule has 0 saturated carbocycles. The number of hydrogen-bond acceptors (Lipinski definition) is 5. The molecule has 1 aliphatic rings. The van der Waals surface area contributed by atoms with E-state index in [9.17, 15) is 9.59 Å². The Morgan fingerprint density at radius 1 is 1.11 bits per heavy atom. The van der Waals surface area contributed by atoms with Gasteiger partial charge in [0.1, 0.15) is 11.1 Å². The molecule has 0 bridgehead atoms. The van der Waals surface area contributed by atoms with Crippen molar-refractivity contribution in [1.82, 2.24) is 15.2 Å². The zero-order valence-electron chi connectivity index (χ0n) is 20.1. The highest BCUT2D eigenvalue weighted by atomic mass is 79.9. The number of amides is 2. The van der Waals surface area contributed by atoms with Crippen molar-refractivity contribution in [2.75, 3.05) is 27.3 Å². The van der Waals surface area contributed by atoms with Gasteiger partial charge in [0.25, 0.3) is 5.91 Å². The van der Waals surface area contributed by atoms with Crippen molar-refractivity contribution < 1.29 is 19.1 Å². The highest BCUT2D eigenvalue weighted by molar-refractivity contribution is 9.10. The van der Waals surface area contributed by atoms with Crippen molar-refractivity contribution in [3.05, 3.63) is 97.6 Å². The molecule has 192 valence electrons. The zero-order chi connectivity index (χ0) is 26.6. The number of ether oxygens (including phenoxy) is 2. The molecule has 3 aromatic rings. The predicted molar refractivity (Wildman–Crippen MR) is 147 cm³/mol. The second kappa shape index (κ2) is 11.6. The van der Waals surface area contributed by atoms with Crippen molar-refractivity contribution >= 4 is 57.0 Å². The van der Waals surface area contributed by atoms with Crippen LogP contribution >= 0.6 is 39.1 Å². The van der Waals surface area contributed by atoms with E-state index in [1.54, 1.807) is 48.5 Å². The number of aromatic nitrogens is 1. The van der Waals surface area contributed by atoms with Crippen LogP contribution in [0.1, 0.15) is 27.0 Å². The van der Waals surface area contributed by atoms with Crippen LogP contribution in [0.25, 0.3) is 6.08 Å². The number of halogens is 3. The van der Waals surface area contributed by atoms with Crippen LogP contribution in [0.4, 0.5) is 0 Å². The van der Waals surface area contributed by atoms with Gasteiger partial charge in [-0.1, -0.05) is 57.3 Å². The Balaban J connectivity index is 1.56. The third-order valence-electron chi connectivity index (χ3n) is 6.00. The molecule has 0 radical (unpaired) electrons. The van der Waals surface area contributed by atoms with Gasteiger partial charge in [-0.05, 0) is 53.1 Å². The summed E-state index contributed by atoms with van der Waals surface area (Å²) in [5, 5.41) is 3.99. The largest absolute Gasteiger partial charge is 0.480 e. The molecule has 10 heteroatoms. The number of carbonyl (C=O) groups excluding carboxylic acids is 2. The summed E-state index contributed by atoms with van der Waals surface area (Å²) in [5.41, 5.74) is 1.88. The van der Waals surface area contributed by atoms with Crippen molar-refractivity contribution in [3.63, 3.8) is 0 Å². The van der Waals surface area contributed by atoms with Crippen molar-refractivity contribution in [2.24, 2.45) is 0 Å². The molecule has 1 aliphatic heterocycles. The Kier molecular flexibility index (Phi) is 8.54. The van der Waals surface area contributed by atoms with E-state index in [1.165, 1.54) is 13.2 Å². The number of pyridine rings is 1. The maximum Gasteiger partial charge on any atom is 0.257 e. The summed E-state index contributed by atoms with van der Waals surface area (Å²) < 4.78 is 11.4. The molecule has 37 heavy (non-hydrogen) atoms. The lowest BCUT2D eigenvalue weighted by Gasteiger charge is -2.50. The van der Waals surface area contributed by atoms with Crippen LogP contribution in [0, 0.1) is 0 Å². The number of rotatable bonds is 8. The minimum Gasteiger partial charge on any atom is -0.480 e. The van der Waals surface area contributed by atoms with E-state index in [4.69, 9.17) is 32.7 Å². The SMILES string of the molecule is COCc1cnc(OC)c(C(=O)NC2(c3ccc(Br)cc3)CN(C(=O)/C=C/c3ccc(Cl)c(Cl)c3)C2)c1. The predicted octanol–water partition coefficient (Wildman–Crippen LogP) is 5.49. The second-order valence-electron chi connectivity index (χ2n) is 8.58. The minimum absolute atomic E-state index is 0.186. The summed E-state index contributed by atoms with van der Waals surface area (Å²) in [5.74, 6) is -0.335. The smallest absolute Gasteiger partial charge is 0.257 e. The Morgan fingerprint density at radius 2 is 1.84 bits per heavy atom. The van der Waals surface area contributed by atoms with Gasteiger partial charge in [-0.2, -0.15) is 0 Å². The number of hydrogen-bond donors (Lipinski definition) is 1. The van der Waals surface area contributed by atoms with Gasteiger partial charge < -0.3 is 19.7 Å². The Hall–Kier alpha value is -2.91. The third-order valence-corrected chi connectivity index (χ3v) is 7.27. The summed E-state index contributed by atoms with van der Waals surface area (Å²) in [6.45, 7) is 0.888. The van der Waals surface area contributed by atoms with E-state index in [0.717, 1.165) is 21.2 Å². The molecule has 1 fully saturated rings. The Bertz CT molecular complexity index is 1340. The van der Waals surface area contributed by atoms with E-state index in [1.807, 2.05) is 24.3 Å². The highest BCUT2D eigenvalue weighted by Gasteiger charge is 2.47. The third kappa shape index (κ3) is 6.15. The van der Waals surface area contributed by atoms with Gasteiger partial charge in [0, 0.05) is 23.9 Å². The molecule has 4 rings (SSSR count). The van der Waals surface area contributed by atoms with E-state index >= 15 is 0 Å². The van der Waals surface area contributed by atoms with E-state index in [0.29, 0.717) is 29.7 Å². The van der Waals surface area contributed by atoms with Crippen molar-refractivity contribution in [1.29, 1.82) is 0 Å². The molecule has 0 atom stereocenters. The molecule has 1 aromatic heterocycles. The van der Waals surface area contributed by atoms with E-state index < -0.39 is 5.54 Å². The standard InChI is InChI=1S/C27H24BrCl2N3O4/c1-36-14-18-11-21(26(37-2)31-13-18)25(35)32-27(19-5-7-20(28)8-6-19)15-33(16-27)24(34)10-4-17-3-9-22(29)23(30)12-17/h3-13H,14-16H2,1-2H3,(H,32,35)/b10-4+. The first kappa shape index (κ1) is 27.1. The molecular weight excluding hydrogens is 581 g/mol. The summed E-state index contributed by atoms with van der Waals surface area (Å²) in [6, 6.07) is 14.5. The molecule has 2 aromatic carbocycles. The monoisotopic (exact) mass is 603 g/mol. The quantitative estimate of drug-likeness (QED) is 0.344. The lowest BCUT2D eigenvalue weighted by molar-refractivity contribution is -0.134. The number of benzene rings is 2. The van der Waals surface area contributed by atoms with Crippen LogP contribution in [0.3, 0.4) is 0 Å². The van der Waals surface area contributed by atoms with Gasteiger partial charge in [-0.15, -0.1) is 0 Å². The number of nitrogens with one attached hydrogen (secondary N) is 1. The molecule has 2 amide bonds. The average molecular weight is 605 g/mol. The first-order valence-electron chi connectivity index (χ1n) is 11.3. The maximum atomic E-state index is 13.5. The van der Waals surface area contributed by atoms with Gasteiger partial charge in [0.15, 0.2) is 0 Å². The van der Waals surface area contributed by atoms with Gasteiger partial charge in [0.05, 0.1) is 36.9 Å². The second-order valence-corrected chi connectivity index (χ2v) is 10.3. The summed E-state index contributed by atoms with van der Waals surface area (Å²) in [6.07, 6.45) is 4.77. The molecule has 2 heterocycles. The fourth-order valence-corrected chi connectivity index (χ4v) is 4.67. The highest BCUT2D eigenvalue weighted by Crippen LogP contribution is 2.34. The topological polar surface area (TPSA) is 80.8 Å². The van der Waals surface area contributed by atoms with Crippen LogP contribution < -0.4 is 10.1 Å². The van der Waals surface area contributed by atoms with Crippen LogP contribution in [-0.4, -0.2) is 49.0 Å². The van der Waals surface area contributed by atoms with Crippen LogP contribution in [-0.2, 0) is 21.7 Å². The summed E-state index contributed by atoms with van der Waals surface area (Å²) >= 11 is 15.5. The zero-order valence-corrected chi connectivity index (χ0v) is 23.2. The lowest BCUT2D eigenvalue weighted by Crippen LogP contribution is -2.68. The lowest BCUT2D eigenvalue weighted by atomic mass is 9.81. The molecule has 0 unspecified atom stereocenters. The van der Waals surface area contributed by atoms with Crippen molar-refractivity contribution in [2.45, 2.75) is 12.1 Å². The summed E-state index contributed by atoms with van der Waals surface area (Å²) in [7, 11) is 3.03. The molecule has 1 N–H and O–H groups in total. The first-order chi connectivity index (χ1) is 17.7. The number of carbonyl (C=O) groups is 2. The van der Waals surface area contributed by atoms with Gasteiger partial charge in [-0.3, -0.25) is 9.59 Å². The van der Waals surface area contributed by atoms with Gasteiger partial charge in [0.2, 0.25) is 11.8 Å². The van der Waals surface area contributed by atoms with Gasteiger partial charge >= 0.3 is 0 Å². The fraction of sp³-hybridized carbons (Fsp3) is 0.222. The molecular formula is C27H24BrCl2N3O4.